The van der Waals surface area contributed by atoms with Crippen molar-refractivity contribution in [3.8, 4) is 0 Å². The van der Waals surface area contributed by atoms with Gasteiger partial charge in [-0.25, -0.2) is 0 Å². The molecule has 1 saturated carbocycles. The van der Waals surface area contributed by atoms with Gasteiger partial charge < -0.3 is 4.90 Å². The highest BCUT2D eigenvalue weighted by molar-refractivity contribution is 6.30. The van der Waals surface area contributed by atoms with Crippen LogP contribution in [0.15, 0.2) is 55.1 Å². The van der Waals surface area contributed by atoms with E-state index < -0.39 is 0 Å². The molecule has 1 aliphatic heterocycles. The van der Waals surface area contributed by atoms with Gasteiger partial charge in [-0.15, -0.1) is 0 Å². The number of nitrogens with zero attached hydrogens (tertiary/aromatic N) is 1. The number of hydrogen-bond donors (Lipinski definition) is 0. The van der Waals surface area contributed by atoms with Gasteiger partial charge in [0.25, 0.3) is 0 Å². The molecular weight excluding hydrogens is 434 g/mol. The molecule has 2 heteroatoms. The summed E-state index contributed by atoms with van der Waals surface area (Å²) >= 11 is 6.38. The second-order valence-corrected chi connectivity index (χ2v) is 11.4. The van der Waals surface area contributed by atoms with E-state index in [9.17, 15) is 0 Å². The van der Waals surface area contributed by atoms with E-state index in [4.69, 9.17) is 11.6 Å². The second-order valence-electron chi connectivity index (χ2n) is 11.0. The van der Waals surface area contributed by atoms with Gasteiger partial charge in [0.2, 0.25) is 0 Å². The molecule has 34 heavy (non-hydrogen) atoms. The van der Waals surface area contributed by atoms with Crippen LogP contribution in [0.2, 0.25) is 5.02 Å². The monoisotopic (exact) mass is 473 g/mol. The van der Waals surface area contributed by atoms with Crippen LogP contribution in [0.1, 0.15) is 81.0 Å². The van der Waals surface area contributed by atoms with E-state index in [0.717, 1.165) is 42.7 Å². The molecule has 0 bridgehead atoms. The molecule has 1 heterocycles. The standard InChI is InChI=1S/C32H40ClN/c1-4-6-7-8-24-9-12-28(24)21-34-22-32(18-16-27-19-29(33)13-14-30(27)32)17-15-25-10-11-26(20-31(25)34)23(3)5-2/h7-8,10-11,13-14,19-20,24,28H,3-6,9,12,15-18,21-22H2,1-2H3/b8-7+. The first-order valence-corrected chi connectivity index (χ1v) is 13.9. The number of hydrogen-bond acceptors (Lipinski definition) is 1. The van der Waals surface area contributed by atoms with Crippen molar-refractivity contribution in [2.75, 3.05) is 18.0 Å². The number of unbranched alkanes of at least 4 members (excludes halogenated alkanes) is 1. The summed E-state index contributed by atoms with van der Waals surface area (Å²) in [7, 11) is 0. The van der Waals surface area contributed by atoms with Crippen LogP contribution >= 0.6 is 11.6 Å². The number of allylic oxidation sites excluding steroid dienone is 3. The van der Waals surface area contributed by atoms with E-state index in [0.29, 0.717) is 0 Å². The molecule has 3 aliphatic rings. The van der Waals surface area contributed by atoms with Crippen LogP contribution in [0.3, 0.4) is 0 Å². The Morgan fingerprint density at radius 2 is 1.91 bits per heavy atom. The third-order valence-corrected chi connectivity index (χ3v) is 9.14. The Labute approximate surface area is 211 Å². The Bertz CT molecular complexity index is 1080. The molecular formula is C32H40ClN. The summed E-state index contributed by atoms with van der Waals surface area (Å²) in [5.41, 5.74) is 8.81. The highest BCUT2D eigenvalue weighted by Crippen LogP contribution is 2.48. The number of benzene rings is 2. The lowest BCUT2D eigenvalue weighted by Gasteiger charge is -2.42. The summed E-state index contributed by atoms with van der Waals surface area (Å²) in [6.45, 7) is 11.1. The van der Waals surface area contributed by atoms with Crippen molar-refractivity contribution in [2.45, 2.75) is 77.0 Å². The van der Waals surface area contributed by atoms with Crippen LogP contribution in [0.4, 0.5) is 5.69 Å². The molecule has 2 aliphatic carbocycles. The average molecular weight is 474 g/mol. The third kappa shape index (κ3) is 4.49. The maximum absolute atomic E-state index is 6.38. The van der Waals surface area contributed by atoms with Crippen molar-refractivity contribution in [1.82, 2.24) is 0 Å². The fourth-order valence-corrected chi connectivity index (χ4v) is 6.77. The van der Waals surface area contributed by atoms with Crippen LogP contribution in [-0.4, -0.2) is 13.1 Å². The van der Waals surface area contributed by atoms with Gasteiger partial charge in [-0.2, -0.15) is 0 Å². The number of rotatable bonds is 7. The normalized spacial score (nSPS) is 25.8. The molecule has 3 unspecified atom stereocenters. The lowest BCUT2D eigenvalue weighted by atomic mass is 9.72. The molecule has 0 N–H and O–H groups in total. The number of halogens is 1. The van der Waals surface area contributed by atoms with Crippen LogP contribution < -0.4 is 4.90 Å². The van der Waals surface area contributed by atoms with E-state index in [-0.39, 0.29) is 5.41 Å². The molecule has 2 aromatic carbocycles. The van der Waals surface area contributed by atoms with Gasteiger partial charge in [-0.05, 0) is 109 Å². The molecule has 3 atom stereocenters. The predicted molar refractivity (Wildman–Crippen MR) is 148 cm³/mol. The lowest BCUT2D eigenvalue weighted by Crippen LogP contribution is -2.44. The SMILES string of the molecule is C=C(CC)c1ccc2c(c1)N(CC1CCC1/C=C/CCC)CC1(CC2)CCc2cc(Cl)ccc21. The molecule has 1 fully saturated rings. The molecule has 1 nitrogen and oxygen atoms in total. The van der Waals surface area contributed by atoms with Crippen molar-refractivity contribution in [1.29, 1.82) is 0 Å². The summed E-state index contributed by atoms with van der Waals surface area (Å²) in [6.07, 6.45) is 15.9. The number of fused-ring (bicyclic) bond motifs is 3. The van der Waals surface area contributed by atoms with E-state index in [1.165, 1.54) is 73.0 Å². The average Bonchev–Trinajstić information content (AvgIpc) is 3.10. The zero-order chi connectivity index (χ0) is 23.7. The van der Waals surface area contributed by atoms with Crippen LogP contribution in [0.5, 0.6) is 0 Å². The molecule has 0 amide bonds. The minimum absolute atomic E-state index is 0.234. The first kappa shape index (κ1) is 23.7. The highest BCUT2D eigenvalue weighted by atomic mass is 35.5. The molecule has 0 aromatic heterocycles. The number of anilines is 1. The van der Waals surface area contributed by atoms with Gasteiger partial charge in [-0.1, -0.05) is 68.8 Å². The van der Waals surface area contributed by atoms with E-state index >= 15 is 0 Å². The smallest absolute Gasteiger partial charge is 0.0408 e. The summed E-state index contributed by atoms with van der Waals surface area (Å²) in [4.78, 5) is 2.78. The van der Waals surface area contributed by atoms with Gasteiger partial charge in [0.15, 0.2) is 0 Å². The summed E-state index contributed by atoms with van der Waals surface area (Å²) < 4.78 is 0. The molecule has 2 aromatic rings. The predicted octanol–water partition coefficient (Wildman–Crippen LogP) is 8.78. The van der Waals surface area contributed by atoms with Gasteiger partial charge >= 0.3 is 0 Å². The van der Waals surface area contributed by atoms with Crippen LogP contribution in [0.25, 0.3) is 5.57 Å². The van der Waals surface area contributed by atoms with Crippen molar-refractivity contribution in [3.63, 3.8) is 0 Å². The summed E-state index contributed by atoms with van der Waals surface area (Å²) in [5, 5.41) is 0.878. The zero-order valence-corrected chi connectivity index (χ0v) is 21.8. The minimum atomic E-state index is 0.234. The van der Waals surface area contributed by atoms with Crippen LogP contribution in [0, 0.1) is 11.8 Å². The first-order chi connectivity index (χ1) is 16.5. The molecule has 0 saturated heterocycles. The maximum atomic E-state index is 6.38. The van der Waals surface area contributed by atoms with Crippen molar-refractivity contribution < 1.29 is 0 Å². The van der Waals surface area contributed by atoms with Crippen molar-refractivity contribution in [2.24, 2.45) is 11.8 Å². The van der Waals surface area contributed by atoms with Crippen molar-refractivity contribution >= 4 is 22.9 Å². The first-order valence-electron chi connectivity index (χ1n) is 13.5. The quantitative estimate of drug-likeness (QED) is 0.363. The van der Waals surface area contributed by atoms with E-state index in [1.54, 1.807) is 5.56 Å². The minimum Gasteiger partial charge on any atom is -0.370 e. The largest absolute Gasteiger partial charge is 0.370 e. The van der Waals surface area contributed by atoms with Gasteiger partial charge in [0.1, 0.15) is 0 Å². The van der Waals surface area contributed by atoms with Gasteiger partial charge in [-0.3, -0.25) is 0 Å². The van der Waals surface area contributed by atoms with Crippen LogP contribution in [-0.2, 0) is 18.3 Å². The summed E-state index contributed by atoms with van der Waals surface area (Å²) in [5.74, 6) is 1.51. The van der Waals surface area contributed by atoms with Gasteiger partial charge in [0.05, 0.1) is 0 Å². The maximum Gasteiger partial charge on any atom is 0.0408 e. The lowest BCUT2D eigenvalue weighted by molar-refractivity contribution is 0.226. The second kappa shape index (κ2) is 9.94. The Hall–Kier alpha value is -1.99. The number of aryl methyl sites for hydroxylation is 2. The summed E-state index contributed by atoms with van der Waals surface area (Å²) in [6, 6.07) is 13.8. The molecule has 0 radical (unpaired) electrons. The third-order valence-electron chi connectivity index (χ3n) is 8.91. The topological polar surface area (TPSA) is 3.24 Å². The Morgan fingerprint density at radius 3 is 2.65 bits per heavy atom. The van der Waals surface area contributed by atoms with E-state index in [2.05, 4.69) is 73.9 Å². The zero-order valence-electron chi connectivity index (χ0n) is 21.1. The van der Waals surface area contributed by atoms with Gasteiger partial charge in [0, 0.05) is 29.2 Å². The van der Waals surface area contributed by atoms with E-state index in [1.807, 2.05) is 0 Å². The van der Waals surface area contributed by atoms with Crippen molar-refractivity contribution in [3.05, 3.63) is 82.4 Å². The Kier molecular flexibility index (Phi) is 6.94. The molecule has 5 rings (SSSR count). The Morgan fingerprint density at radius 1 is 1.09 bits per heavy atom. The fourth-order valence-electron chi connectivity index (χ4n) is 6.57. The molecule has 1 spiro atoms. The Balaban J connectivity index is 1.49. The highest BCUT2D eigenvalue weighted by Gasteiger charge is 2.43. The fraction of sp³-hybridized carbons (Fsp3) is 0.500. The molecule has 180 valence electrons.